The Kier molecular flexibility index (Phi) is 6.20. The van der Waals surface area contributed by atoms with E-state index in [1.165, 1.54) is 0 Å². The summed E-state index contributed by atoms with van der Waals surface area (Å²) in [5, 5.41) is 0.757. The van der Waals surface area contributed by atoms with Gasteiger partial charge in [0.05, 0.1) is 0 Å². The fourth-order valence-electron chi connectivity index (χ4n) is 0.641. The molecule has 0 fully saturated rings. The van der Waals surface area contributed by atoms with Crippen molar-refractivity contribution in [2.24, 2.45) is 0 Å². The van der Waals surface area contributed by atoms with E-state index in [-0.39, 0.29) is 0 Å². The number of rotatable bonds is 1. The molecule has 0 aliphatic heterocycles. The van der Waals surface area contributed by atoms with Gasteiger partial charge < -0.3 is 0 Å². The summed E-state index contributed by atoms with van der Waals surface area (Å²) in [6, 6.07) is 7.60. The SMILES string of the molecule is C=Cc1ccccc1Cl.O=S(=O)(Cl)Cl. The van der Waals surface area contributed by atoms with Crippen LogP contribution in [0.2, 0.25) is 5.02 Å². The molecule has 1 rings (SSSR count). The van der Waals surface area contributed by atoms with Crippen LogP contribution >= 0.6 is 33.0 Å². The first-order chi connectivity index (χ1) is 6.34. The first-order valence-electron chi connectivity index (χ1n) is 3.36. The standard InChI is InChI=1S/C8H7Cl.Cl2O2S/c1-2-7-5-3-4-6-8(7)9;1-5(2,3)4/h2-6H,1H2;. The summed E-state index contributed by atoms with van der Waals surface area (Å²) in [5.74, 6) is 0. The van der Waals surface area contributed by atoms with E-state index >= 15 is 0 Å². The van der Waals surface area contributed by atoms with Crippen molar-refractivity contribution in [3.8, 4) is 0 Å². The Hall–Kier alpha value is -0.220. The Morgan fingerprint density at radius 1 is 1.21 bits per heavy atom. The minimum atomic E-state index is -3.72. The van der Waals surface area contributed by atoms with Crippen molar-refractivity contribution >= 4 is 47.3 Å². The molecule has 0 amide bonds. The topological polar surface area (TPSA) is 34.1 Å². The van der Waals surface area contributed by atoms with Crippen molar-refractivity contribution in [3.05, 3.63) is 41.4 Å². The van der Waals surface area contributed by atoms with Crippen molar-refractivity contribution in [2.75, 3.05) is 0 Å². The average Bonchev–Trinajstić information content (AvgIpc) is 2.02. The summed E-state index contributed by atoms with van der Waals surface area (Å²) in [6.07, 6.45) is 1.74. The molecular formula is C8H7Cl3O2S. The zero-order valence-corrected chi connectivity index (χ0v) is 10.0. The van der Waals surface area contributed by atoms with Gasteiger partial charge in [0, 0.05) is 26.4 Å². The van der Waals surface area contributed by atoms with E-state index in [2.05, 4.69) is 27.9 Å². The van der Waals surface area contributed by atoms with Gasteiger partial charge in [-0.05, 0) is 11.6 Å². The quantitative estimate of drug-likeness (QED) is 0.731. The van der Waals surface area contributed by atoms with Gasteiger partial charge in [-0.25, -0.2) is 0 Å². The zero-order chi connectivity index (χ0) is 11.2. The van der Waals surface area contributed by atoms with Gasteiger partial charge in [0.15, 0.2) is 0 Å². The molecule has 0 radical (unpaired) electrons. The van der Waals surface area contributed by atoms with Crippen molar-refractivity contribution in [3.63, 3.8) is 0 Å². The maximum atomic E-state index is 9.16. The monoisotopic (exact) mass is 272 g/mol. The largest absolute Gasteiger partial charge is 0.317 e. The van der Waals surface area contributed by atoms with E-state index in [1.807, 2.05) is 24.3 Å². The van der Waals surface area contributed by atoms with Gasteiger partial charge in [-0.3, -0.25) is 0 Å². The predicted octanol–water partition coefficient (Wildman–Crippen LogP) is 3.69. The zero-order valence-electron chi connectivity index (χ0n) is 6.95. The molecule has 1 aromatic rings. The summed E-state index contributed by atoms with van der Waals surface area (Å²) in [7, 11) is 4.81. The molecule has 0 aromatic heterocycles. The van der Waals surface area contributed by atoms with Gasteiger partial charge in [-0.2, -0.15) is 8.42 Å². The Labute approximate surface area is 97.0 Å². The normalized spacial score (nSPS) is 9.93. The van der Waals surface area contributed by atoms with Crippen LogP contribution in [-0.4, -0.2) is 8.42 Å². The second-order valence-corrected chi connectivity index (χ2v) is 6.18. The molecule has 0 saturated heterocycles. The highest BCUT2D eigenvalue weighted by molar-refractivity contribution is 8.31. The lowest BCUT2D eigenvalue weighted by molar-refractivity contribution is 0.621. The molecular weight excluding hydrogens is 267 g/mol. The lowest BCUT2D eigenvalue weighted by Crippen LogP contribution is -1.69. The number of halogens is 3. The summed E-state index contributed by atoms with van der Waals surface area (Å²) >= 11 is 5.75. The van der Waals surface area contributed by atoms with E-state index < -0.39 is 8.26 Å². The van der Waals surface area contributed by atoms with Crippen LogP contribution in [0.5, 0.6) is 0 Å². The van der Waals surface area contributed by atoms with Crippen LogP contribution in [0, 0.1) is 0 Å². The predicted molar refractivity (Wildman–Crippen MR) is 62.2 cm³/mol. The smallest absolute Gasteiger partial charge is 0.195 e. The highest BCUT2D eigenvalue weighted by Crippen LogP contribution is 2.14. The second kappa shape index (κ2) is 6.30. The van der Waals surface area contributed by atoms with Gasteiger partial charge >= 0.3 is 8.26 Å². The first-order valence-corrected chi connectivity index (χ1v) is 6.87. The highest BCUT2D eigenvalue weighted by atomic mass is 36.0. The lowest BCUT2D eigenvalue weighted by Gasteiger charge is -1.92. The van der Waals surface area contributed by atoms with Crippen molar-refractivity contribution in [1.29, 1.82) is 0 Å². The molecule has 6 heteroatoms. The van der Waals surface area contributed by atoms with Crippen molar-refractivity contribution in [1.82, 2.24) is 0 Å². The molecule has 1 aromatic carbocycles. The Bertz CT molecular complexity index is 393. The van der Waals surface area contributed by atoms with E-state index in [9.17, 15) is 0 Å². The van der Waals surface area contributed by atoms with E-state index in [4.69, 9.17) is 20.0 Å². The highest BCUT2D eigenvalue weighted by Gasteiger charge is 1.89. The van der Waals surface area contributed by atoms with E-state index in [0.717, 1.165) is 10.6 Å². The Balaban J connectivity index is 0.000000292. The number of hydrogen-bond acceptors (Lipinski definition) is 2. The molecule has 0 bridgehead atoms. The van der Waals surface area contributed by atoms with Crippen LogP contribution in [0.1, 0.15) is 5.56 Å². The van der Waals surface area contributed by atoms with Gasteiger partial charge in [-0.15, -0.1) is 0 Å². The molecule has 0 atom stereocenters. The van der Waals surface area contributed by atoms with E-state index in [0.29, 0.717) is 0 Å². The Morgan fingerprint density at radius 2 is 1.64 bits per heavy atom. The number of hydrogen-bond donors (Lipinski definition) is 0. The molecule has 14 heavy (non-hydrogen) atoms. The third-order valence-corrected chi connectivity index (χ3v) is 1.47. The maximum absolute atomic E-state index is 9.16. The summed E-state index contributed by atoms with van der Waals surface area (Å²) in [4.78, 5) is 0. The fraction of sp³-hybridized carbons (Fsp3) is 0. The molecule has 0 aliphatic carbocycles. The molecule has 0 spiro atoms. The van der Waals surface area contributed by atoms with Crippen molar-refractivity contribution in [2.45, 2.75) is 0 Å². The maximum Gasteiger partial charge on any atom is 0.317 e. The van der Waals surface area contributed by atoms with Crippen LogP contribution in [0.25, 0.3) is 6.08 Å². The van der Waals surface area contributed by atoms with Crippen LogP contribution < -0.4 is 0 Å². The first kappa shape index (κ1) is 13.8. The van der Waals surface area contributed by atoms with Crippen LogP contribution in [0.15, 0.2) is 30.8 Å². The average molecular weight is 274 g/mol. The minimum Gasteiger partial charge on any atom is -0.195 e. The number of benzene rings is 1. The third kappa shape index (κ3) is 8.38. The van der Waals surface area contributed by atoms with Gasteiger partial charge in [-0.1, -0.05) is 42.5 Å². The minimum absolute atomic E-state index is 0.757. The molecule has 78 valence electrons. The summed E-state index contributed by atoms with van der Waals surface area (Å²) in [5.41, 5.74) is 0.985. The molecule has 0 N–H and O–H groups in total. The van der Waals surface area contributed by atoms with Crippen LogP contribution in [0.4, 0.5) is 0 Å². The molecule has 2 nitrogen and oxygen atoms in total. The summed E-state index contributed by atoms with van der Waals surface area (Å²) < 4.78 is 18.3. The van der Waals surface area contributed by atoms with Crippen LogP contribution in [0.3, 0.4) is 0 Å². The van der Waals surface area contributed by atoms with E-state index in [1.54, 1.807) is 6.08 Å². The molecule has 0 unspecified atom stereocenters. The third-order valence-electron chi connectivity index (χ3n) is 1.13. The van der Waals surface area contributed by atoms with Gasteiger partial charge in [0.2, 0.25) is 0 Å². The second-order valence-electron chi connectivity index (χ2n) is 2.10. The molecule has 0 heterocycles. The molecule has 0 aliphatic rings. The lowest BCUT2D eigenvalue weighted by atomic mass is 10.2. The Morgan fingerprint density at radius 3 is 1.93 bits per heavy atom. The van der Waals surface area contributed by atoms with Gasteiger partial charge in [0.25, 0.3) is 0 Å². The summed E-state index contributed by atoms with van der Waals surface area (Å²) in [6.45, 7) is 3.61. The van der Waals surface area contributed by atoms with Gasteiger partial charge in [0.1, 0.15) is 0 Å². The van der Waals surface area contributed by atoms with Crippen molar-refractivity contribution < 1.29 is 8.42 Å². The van der Waals surface area contributed by atoms with Crippen LogP contribution in [-0.2, 0) is 8.26 Å². The molecule has 0 saturated carbocycles. The fourth-order valence-corrected chi connectivity index (χ4v) is 0.854.